The highest BCUT2D eigenvalue weighted by Gasteiger charge is 2.21. The molecule has 2 aliphatic rings. The minimum Gasteiger partial charge on any atom is -0.368 e. The van der Waals surface area contributed by atoms with Crippen molar-refractivity contribution in [2.45, 2.75) is 6.42 Å². The van der Waals surface area contributed by atoms with Gasteiger partial charge in [0.2, 0.25) is 0 Å². The van der Waals surface area contributed by atoms with Gasteiger partial charge in [0, 0.05) is 55.4 Å². The third-order valence-electron chi connectivity index (χ3n) is 5.20. The van der Waals surface area contributed by atoms with Crippen molar-refractivity contribution in [1.82, 2.24) is 14.9 Å². The monoisotopic (exact) mass is 348 g/mol. The van der Waals surface area contributed by atoms with Crippen LogP contribution in [0.1, 0.15) is 16.1 Å². The van der Waals surface area contributed by atoms with E-state index in [1.165, 1.54) is 37.5 Å². The second kappa shape index (κ2) is 5.93. The van der Waals surface area contributed by atoms with E-state index in [4.69, 9.17) is 4.98 Å². The first-order chi connectivity index (χ1) is 12.3. The number of pyridine rings is 2. The number of thiophene rings is 1. The van der Waals surface area contributed by atoms with Crippen LogP contribution in [0.2, 0.25) is 0 Å². The number of fused-ring (bicyclic) bond motifs is 2. The van der Waals surface area contributed by atoms with E-state index < -0.39 is 0 Å². The first-order valence-corrected chi connectivity index (χ1v) is 9.56. The molecule has 5 rings (SSSR count). The third-order valence-corrected chi connectivity index (χ3v) is 6.32. The molecular formula is C20H20N4S. The van der Waals surface area contributed by atoms with Crippen LogP contribution in [-0.2, 0) is 6.42 Å². The molecule has 0 unspecified atom stereocenters. The summed E-state index contributed by atoms with van der Waals surface area (Å²) in [5.74, 6) is 0. The molecule has 0 spiro atoms. The predicted octanol–water partition coefficient (Wildman–Crippen LogP) is 3.43. The van der Waals surface area contributed by atoms with Crippen molar-refractivity contribution in [3.63, 3.8) is 0 Å². The summed E-state index contributed by atoms with van der Waals surface area (Å²) in [6, 6.07) is 6.71. The van der Waals surface area contributed by atoms with Crippen LogP contribution in [0.5, 0.6) is 0 Å². The van der Waals surface area contributed by atoms with Crippen LogP contribution < -0.4 is 4.90 Å². The van der Waals surface area contributed by atoms with Crippen LogP contribution in [0.15, 0.2) is 42.9 Å². The van der Waals surface area contributed by atoms with E-state index in [2.05, 4.69) is 52.3 Å². The standard InChI is InChI=1S/C20H20N4S/c1-23-6-8-24(9-7-23)15-11-17-16(2-3-18(17)22-12-15)19-10-14-4-5-21-13-20(14)25-19/h2,4-5,10-13H,3,6-9H2,1H3. The number of aromatic nitrogens is 2. The van der Waals surface area contributed by atoms with Crippen molar-refractivity contribution < 1.29 is 0 Å². The van der Waals surface area contributed by atoms with Crippen LogP contribution in [0.4, 0.5) is 5.69 Å². The molecule has 126 valence electrons. The van der Waals surface area contributed by atoms with Crippen molar-refractivity contribution in [2.75, 3.05) is 38.1 Å². The molecule has 1 aliphatic carbocycles. The highest BCUT2D eigenvalue weighted by atomic mass is 32.1. The summed E-state index contributed by atoms with van der Waals surface area (Å²) < 4.78 is 1.25. The predicted molar refractivity (Wildman–Crippen MR) is 104 cm³/mol. The molecule has 0 bridgehead atoms. The largest absolute Gasteiger partial charge is 0.368 e. The van der Waals surface area contributed by atoms with Crippen molar-refractivity contribution in [2.24, 2.45) is 0 Å². The fraction of sp³-hybridized carbons (Fsp3) is 0.300. The van der Waals surface area contributed by atoms with Gasteiger partial charge in [-0.1, -0.05) is 6.08 Å². The first kappa shape index (κ1) is 15.0. The average molecular weight is 348 g/mol. The molecule has 4 nitrogen and oxygen atoms in total. The molecule has 0 aromatic carbocycles. The highest BCUT2D eigenvalue weighted by molar-refractivity contribution is 7.20. The first-order valence-electron chi connectivity index (χ1n) is 8.75. The Balaban J connectivity index is 1.51. The van der Waals surface area contributed by atoms with E-state index >= 15 is 0 Å². The molecule has 1 fully saturated rings. The summed E-state index contributed by atoms with van der Waals surface area (Å²) in [4.78, 5) is 15.2. The van der Waals surface area contributed by atoms with Crippen molar-refractivity contribution in [3.8, 4) is 0 Å². The number of nitrogens with zero attached hydrogens (tertiary/aromatic N) is 4. The highest BCUT2D eigenvalue weighted by Crippen LogP contribution is 2.39. The Morgan fingerprint density at radius 1 is 1.08 bits per heavy atom. The SMILES string of the molecule is CN1CCN(c2cnc3c(c2)C(c2cc4ccncc4s2)=CC3)CC1. The minimum atomic E-state index is 0.931. The van der Waals surface area contributed by atoms with Gasteiger partial charge >= 0.3 is 0 Å². The van der Waals surface area contributed by atoms with Gasteiger partial charge < -0.3 is 9.80 Å². The van der Waals surface area contributed by atoms with Gasteiger partial charge in [0.15, 0.2) is 0 Å². The smallest absolute Gasteiger partial charge is 0.0560 e. The molecule has 0 N–H and O–H groups in total. The van der Waals surface area contributed by atoms with E-state index in [0.29, 0.717) is 0 Å². The lowest BCUT2D eigenvalue weighted by molar-refractivity contribution is 0.313. The summed E-state index contributed by atoms with van der Waals surface area (Å²) in [6.07, 6.45) is 9.13. The summed E-state index contributed by atoms with van der Waals surface area (Å²) in [7, 11) is 2.19. The van der Waals surface area contributed by atoms with E-state index in [1.807, 2.05) is 23.7 Å². The maximum Gasteiger partial charge on any atom is 0.0560 e. The Morgan fingerprint density at radius 2 is 1.96 bits per heavy atom. The molecule has 1 aliphatic heterocycles. The van der Waals surface area contributed by atoms with Gasteiger partial charge in [0.05, 0.1) is 22.3 Å². The lowest BCUT2D eigenvalue weighted by atomic mass is 10.1. The zero-order valence-electron chi connectivity index (χ0n) is 14.3. The van der Waals surface area contributed by atoms with Crippen molar-refractivity contribution in [3.05, 3.63) is 59.0 Å². The van der Waals surface area contributed by atoms with Gasteiger partial charge in [0.1, 0.15) is 0 Å². The Bertz CT molecular complexity index is 934. The number of likely N-dealkylation sites (N-methyl/N-ethyl adjacent to an activating group) is 1. The molecule has 0 saturated carbocycles. The summed E-state index contributed by atoms with van der Waals surface area (Å²) in [5, 5.41) is 1.27. The molecule has 3 aromatic heterocycles. The second-order valence-corrected chi connectivity index (χ2v) is 7.91. The number of rotatable bonds is 2. The van der Waals surface area contributed by atoms with Crippen LogP contribution in [0.3, 0.4) is 0 Å². The lowest BCUT2D eigenvalue weighted by Gasteiger charge is -2.34. The zero-order chi connectivity index (χ0) is 16.8. The van der Waals surface area contributed by atoms with E-state index in [1.54, 1.807) is 0 Å². The quantitative estimate of drug-likeness (QED) is 0.710. The van der Waals surface area contributed by atoms with E-state index in [-0.39, 0.29) is 0 Å². The summed E-state index contributed by atoms with van der Waals surface area (Å²) in [6.45, 7) is 4.38. The van der Waals surface area contributed by atoms with Crippen molar-refractivity contribution >= 4 is 32.7 Å². The fourth-order valence-corrected chi connectivity index (χ4v) is 4.76. The molecule has 25 heavy (non-hydrogen) atoms. The molecule has 0 amide bonds. The summed E-state index contributed by atoms with van der Waals surface area (Å²) in [5.41, 5.74) is 5.08. The lowest BCUT2D eigenvalue weighted by Crippen LogP contribution is -2.44. The molecule has 0 atom stereocenters. The Kier molecular flexibility index (Phi) is 3.57. The molecule has 0 radical (unpaired) electrons. The molecule has 5 heteroatoms. The number of hydrogen-bond acceptors (Lipinski definition) is 5. The minimum absolute atomic E-state index is 0.931. The molecule has 4 heterocycles. The van der Waals surface area contributed by atoms with Crippen molar-refractivity contribution in [1.29, 1.82) is 0 Å². The maximum absolute atomic E-state index is 4.77. The van der Waals surface area contributed by atoms with E-state index in [9.17, 15) is 0 Å². The topological polar surface area (TPSA) is 32.3 Å². The maximum atomic E-state index is 4.77. The Morgan fingerprint density at radius 3 is 2.80 bits per heavy atom. The molecular weight excluding hydrogens is 328 g/mol. The normalized spacial score (nSPS) is 17.8. The Labute approximate surface area is 151 Å². The number of anilines is 1. The second-order valence-electron chi connectivity index (χ2n) is 6.82. The van der Waals surface area contributed by atoms with Gasteiger partial charge in [0.25, 0.3) is 0 Å². The van der Waals surface area contributed by atoms with Gasteiger partial charge in [-0.05, 0) is 36.2 Å². The zero-order valence-corrected chi connectivity index (χ0v) is 15.1. The third kappa shape index (κ3) is 2.64. The fourth-order valence-electron chi connectivity index (χ4n) is 3.67. The molecule has 1 saturated heterocycles. The van der Waals surface area contributed by atoms with Crippen LogP contribution in [0, 0.1) is 0 Å². The molecule has 3 aromatic rings. The van der Waals surface area contributed by atoms with Gasteiger partial charge in [-0.15, -0.1) is 11.3 Å². The van der Waals surface area contributed by atoms with Gasteiger partial charge in [-0.25, -0.2) is 0 Å². The Hall–Kier alpha value is -2.24. The van der Waals surface area contributed by atoms with Gasteiger partial charge in [-0.3, -0.25) is 9.97 Å². The number of hydrogen-bond donors (Lipinski definition) is 0. The van der Waals surface area contributed by atoms with Crippen LogP contribution in [-0.4, -0.2) is 48.1 Å². The average Bonchev–Trinajstić information content (AvgIpc) is 3.25. The number of piperazine rings is 1. The van der Waals surface area contributed by atoms with Crippen LogP contribution in [0.25, 0.3) is 15.7 Å². The number of allylic oxidation sites excluding steroid dienone is 1. The van der Waals surface area contributed by atoms with E-state index in [0.717, 1.165) is 32.6 Å². The van der Waals surface area contributed by atoms with Crippen LogP contribution >= 0.6 is 11.3 Å². The van der Waals surface area contributed by atoms with Gasteiger partial charge in [-0.2, -0.15) is 0 Å². The summed E-state index contributed by atoms with van der Waals surface area (Å²) >= 11 is 1.82.